The first-order valence-corrected chi connectivity index (χ1v) is 7.90. The van der Waals surface area contributed by atoms with Crippen molar-refractivity contribution in [3.05, 3.63) is 84.6 Å². The summed E-state index contributed by atoms with van der Waals surface area (Å²) in [6, 6.07) is 24.1. The maximum atomic E-state index is 12.3. The number of aromatic nitrogens is 1. The Hall–Kier alpha value is -3.20. The Balaban J connectivity index is 1.52. The van der Waals surface area contributed by atoms with Gasteiger partial charge in [0.2, 0.25) is 5.91 Å². The van der Waals surface area contributed by atoms with E-state index in [9.17, 15) is 4.79 Å². The van der Waals surface area contributed by atoms with Gasteiger partial charge in [-0.25, -0.2) is 0 Å². The Morgan fingerprint density at radius 1 is 0.833 bits per heavy atom. The van der Waals surface area contributed by atoms with Crippen molar-refractivity contribution in [3.8, 4) is 0 Å². The van der Waals surface area contributed by atoms with Gasteiger partial charge in [-0.2, -0.15) is 0 Å². The van der Waals surface area contributed by atoms with Crippen LogP contribution in [0.4, 0.5) is 5.69 Å². The summed E-state index contributed by atoms with van der Waals surface area (Å²) < 4.78 is 0. The van der Waals surface area contributed by atoms with Crippen molar-refractivity contribution in [2.24, 2.45) is 0 Å². The number of amides is 1. The van der Waals surface area contributed by atoms with Gasteiger partial charge in [0.15, 0.2) is 0 Å². The van der Waals surface area contributed by atoms with Gasteiger partial charge in [0.05, 0.1) is 23.8 Å². The third-order valence-corrected chi connectivity index (χ3v) is 4.05. The zero-order valence-corrected chi connectivity index (χ0v) is 13.1. The summed E-state index contributed by atoms with van der Waals surface area (Å²) in [6.45, 7) is 0. The van der Waals surface area contributed by atoms with Crippen LogP contribution in [0.25, 0.3) is 21.7 Å². The highest BCUT2D eigenvalue weighted by Gasteiger charge is 2.06. The highest BCUT2D eigenvalue weighted by atomic mass is 16.1. The molecule has 1 amide bonds. The van der Waals surface area contributed by atoms with Gasteiger partial charge in [-0.15, -0.1) is 0 Å². The summed E-state index contributed by atoms with van der Waals surface area (Å²) in [4.78, 5) is 16.7. The van der Waals surface area contributed by atoms with Crippen molar-refractivity contribution in [2.45, 2.75) is 6.42 Å². The predicted molar refractivity (Wildman–Crippen MR) is 98.0 cm³/mol. The maximum absolute atomic E-state index is 12.3. The van der Waals surface area contributed by atoms with E-state index in [0.717, 1.165) is 27.5 Å². The van der Waals surface area contributed by atoms with Gasteiger partial charge < -0.3 is 5.32 Å². The molecule has 1 heterocycles. The summed E-state index contributed by atoms with van der Waals surface area (Å²) in [5.74, 6) is -0.0395. The zero-order valence-electron chi connectivity index (χ0n) is 13.1. The van der Waals surface area contributed by atoms with E-state index < -0.39 is 0 Å². The van der Waals surface area contributed by atoms with Crippen molar-refractivity contribution in [1.82, 2.24) is 4.98 Å². The molecule has 116 valence electrons. The fraction of sp³-hybridized carbons (Fsp3) is 0.0476. The molecule has 0 radical (unpaired) electrons. The molecular weight excluding hydrogens is 296 g/mol. The molecule has 3 heteroatoms. The van der Waals surface area contributed by atoms with Gasteiger partial charge in [0.1, 0.15) is 0 Å². The van der Waals surface area contributed by atoms with Crippen LogP contribution in [0.3, 0.4) is 0 Å². The molecule has 0 fully saturated rings. The lowest BCUT2D eigenvalue weighted by molar-refractivity contribution is -0.115. The molecule has 4 rings (SSSR count). The van der Waals surface area contributed by atoms with E-state index in [2.05, 4.69) is 34.6 Å². The molecule has 0 aliphatic carbocycles. The van der Waals surface area contributed by atoms with Crippen LogP contribution in [0.5, 0.6) is 0 Å². The zero-order chi connectivity index (χ0) is 16.4. The normalized spacial score (nSPS) is 10.8. The standard InChI is InChI=1S/C21H16N2O/c24-21(12-15-9-10-16-5-1-2-6-17(16)11-15)23-19-13-18-7-3-4-8-20(18)22-14-19/h1-11,13-14H,12H2,(H,23,24). The van der Waals surface area contributed by atoms with E-state index >= 15 is 0 Å². The number of fused-ring (bicyclic) bond motifs is 2. The van der Waals surface area contributed by atoms with Gasteiger partial charge in [0, 0.05) is 5.39 Å². The van der Waals surface area contributed by atoms with Gasteiger partial charge in [-0.05, 0) is 28.5 Å². The average molecular weight is 312 g/mol. The quantitative estimate of drug-likeness (QED) is 0.602. The fourth-order valence-electron chi connectivity index (χ4n) is 2.88. The molecular formula is C21H16N2O. The lowest BCUT2D eigenvalue weighted by Gasteiger charge is -2.07. The van der Waals surface area contributed by atoms with Gasteiger partial charge in [-0.3, -0.25) is 9.78 Å². The number of hydrogen-bond donors (Lipinski definition) is 1. The molecule has 0 aliphatic heterocycles. The molecule has 4 aromatic rings. The van der Waals surface area contributed by atoms with Crippen LogP contribution in [0.1, 0.15) is 5.56 Å². The van der Waals surface area contributed by atoms with E-state index in [0.29, 0.717) is 6.42 Å². The first-order chi connectivity index (χ1) is 11.8. The number of anilines is 1. The van der Waals surface area contributed by atoms with E-state index in [1.54, 1.807) is 6.20 Å². The number of pyridine rings is 1. The Morgan fingerprint density at radius 3 is 2.46 bits per heavy atom. The number of hydrogen-bond acceptors (Lipinski definition) is 2. The Kier molecular flexibility index (Phi) is 3.67. The molecule has 24 heavy (non-hydrogen) atoms. The molecule has 0 saturated carbocycles. The van der Waals surface area contributed by atoms with Crippen LogP contribution in [-0.4, -0.2) is 10.9 Å². The van der Waals surface area contributed by atoms with E-state index in [4.69, 9.17) is 0 Å². The molecule has 1 aromatic heterocycles. The fourth-order valence-corrected chi connectivity index (χ4v) is 2.88. The third-order valence-electron chi connectivity index (χ3n) is 4.05. The van der Waals surface area contributed by atoms with Crippen LogP contribution < -0.4 is 5.32 Å². The topological polar surface area (TPSA) is 42.0 Å². The van der Waals surface area contributed by atoms with Gasteiger partial charge >= 0.3 is 0 Å². The molecule has 0 aliphatic rings. The SMILES string of the molecule is O=C(Cc1ccc2ccccc2c1)Nc1cnc2ccccc2c1. The number of carbonyl (C=O) groups excluding carboxylic acids is 1. The highest BCUT2D eigenvalue weighted by Crippen LogP contribution is 2.18. The first-order valence-electron chi connectivity index (χ1n) is 7.90. The monoisotopic (exact) mass is 312 g/mol. The van der Waals surface area contributed by atoms with Gasteiger partial charge in [0.25, 0.3) is 0 Å². The molecule has 0 spiro atoms. The van der Waals surface area contributed by atoms with Crippen molar-refractivity contribution in [1.29, 1.82) is 0 Å². The minimum Gasteiger partial charge on any atom is -0.324 e. The molecule has 3 nitrogen and oxygen atoms in total. The lowest BCUT2D eigenvalue weighted by Crippen LogP contribution is -2.14. The van der Waals surface area contributed by atoms with Crippen LogP contribution >= 0.6 is 0 Å². The number of benzene rings is 3. The molecule has 0 atom stereocenters. The summed E-state index contributed by atoms with van der Waals surface area (Å²) in [5, 5.41) is 6.27. The second-order valence-corrected chi connectivity index (χ2v) is 5.82. The largest absolute Gasteiger partial charge is 0.324 e. The number of rotatable bonds is 3. The number of nitrogens with zero attached hydrogens (tertiary/aromatic N) is 1. The third kappa shape index (κ3) is 2.97. The van der Waals surface area contributed by atoms with Crippen LogP contribution in [0.2, 0.25) is 0 Å². The van der Waals surface area contributed by atoms with Crippen LogP contribution in [0.15, 0.2) is 79.0 Å². The van der Waals surface area contributed by atoms with E-state index in [1.165, 1.54) is 5.39 Å². The average Bonchev–Trinajstić information content (AvgIpc) is 2.61. The van der Waals surface area contributed by atoms with Crippen LogP contribution in [0, 0.1) is 0 Å². The van der Waals surface area contributed by atoms with E-state index in [1.807, 2.05) is 48.5 Å². The highest BCUT2D eigenvalue weighted by molar-refractivity contribution is 5.95. The molecule has 0 unspecified atom stereocenters. The summed E-state index contributed by atoms with van der Waals surface area (Å²) in [6.07, 6.45) is 2.04. The minimum atomic E-state index is -0.0395. The molecule has 0 saturated heterocycles. The predicted octanol–water partition coefficient (Wildman–Crippen LogP) is 4.57. The lowest BCUT2D eigenvalue weighted by atomic mass is 10.0. The number of nitrogens with one attached hydrogen (secondary N) is 1. The summed E-state index contributed by atoms with van der Waals surface area (Å²) in [7, 11) is 0. The first kappa shape index (κ1) is 14.4. The van der Waals surface area contributed by atoms with E-state index in [-0.39, 0.29) is 5.91 Å². The minimum absolute atomic E-state index is 0.0395. The molecule has 1 N–H and O–H groups in total. The Bertz CT molecular complexity index is 957. The van der Waals surface area contributed by atoms with Crippen molar-refractivity contribution < 1.29 is 4.79 Å². The second kappa shape index (κ2) is 6.13. The number of carbonyl (C=O) groups is 1. The Labute approximate surface area is 140 Å². The summed E-state index contributed by atoms with van der Waals surface area (Å²) >= 11 is 0. The van der Waals surface area contributed by atoms with Crippen LogP contribution in [-0.2, 0) is 11.2 Å². The van der Waals surface area contributed by atoms with Crippen molar-refractivity contribution in [3.63, 3.8) is 0 Å². The smallest absolute Gasteiger partial charge is 0.228 e. The molecule has 3 aromatic carbocycles. The summed E-state index contributed by atoms with van der Waals surface area (Å²) in [5.41, 5.74) is 2.64. The van der Waals surface area contributed by atoms with Gasteiger partial charge in [-0.1, -0.05) is 60.7 Å². The Morgan fingerprint density at radius 2 is 1.58 bits per heavy atom. The van der Waals surface area contributed by atoms with Crippen molar-refractivity contribution >= 4 is 33.3 Å². The number of para-hydroxylation sites is 1. The van der Waals surface area contributed by atoms with Crippen molar-refractivity contribution in [2.75, 3.05) is 5.32 Å². The second-order valence-electron chi connectivity index (χ2n) is 5.82. The maximum Gasteiger partial charge on any atom is 0.228 e. The molecule has 0 bridgehead atoms.